The highest BCUT2D eigenvalue weighted by Crippen LogP contribution is 2.29. The number of imide groups is 1. The molecule has 2 heterocycles. The van der Waals surface area contributed by atoms with Crippen molar-refractivity contribution in [2.45, 2.75) is 19.3 Å². The van der Waals surface area contributed by atoms with Crippen molar-refractivity contribution in [2.24, 2.45) is 5.92 Å². The Morgan fingerprint density at radius 1 is 0.862 bits per heavy atom. The third-order valence-corrected chi connectivity index (χ3v) is 5.21. The Morgan fingerprint density at radius 2 is 1.45 bits per heavy atom. The maximum Gasteiger partial charge on any atom is 0.316 e. The molecule has 2 aliphatic rings. The zero-order valence-electron chi connectivity index (χ0n) is 15.3. The van der Waals surface area contributed by atoms with Crippen LogP contribution in [0.3, 0.4) is 0 Å². The van der Waals surface area contributed by atoms with Gasteiger partial charge in [-0.05, 0) is 48.5 Å². The summed E-state index contributed by atoms with van der Waals surface area (Å²) in [5, 5.41) is 0.567. The fraction of sp³-hybridized carbons (Fsp3) is 0.238. The minimum atomic E-state index is -0.584. The topological polar surface area (TPSA) is 84.0 Å². The molecule has 0 bridgehead atoms. The van der Waals surface area contributed by atoms with Crippen molar-refractivity contribution < 1.29 is 23.9 Å². The Labute approximate surface area is 171 Å². The van der Waals surface area contributed by atoms with Crippen LogP contribution >= 0.6 is 11.6 Å². The van der Waals surface area contributed by atoms with Crippen molar-refractivity contribution in [3.8, 4) is 5.75 Å². The van der Waals surface area contributed by atoms with E-state index in [0.29, 0.717) is 16.4 Å². The van der Waals surface area contributed by atoms with Gasteiger partial charge in [0, 0.05) is 36.5 Å². The van der Waals surface area contributed by atoms with E-state index in [9.17, 15) is 19.2 Å². The molecule has 0 spiro atoms. The summed E-state index contributed by atoms with van der Waals surface area (Å²) < 4.78 is 5.39. The van der Waals surface area contributed by atoms with Gasteiger partial charge in [-0.25, -0.2) is 0 Å². The summed E-state index contributed by atoms with van der Waals surface area (Å²) in [6.07, 6.45) is 0.473. The molecule has 2 aromatic carbocycles. The first kappa shape index (κ1) is 19.1. The molecule has 29 heavy (non-hydrogen) atoms. The van der Waals surface area contributed by atoms with Crippen molar-refractivity contribution in [2.75, 3.05) is 16.3 Å². The molecule has 2 aliphatic heterocycles. The summed E-state index contributed by atoms with van der Waals surface area (Å²) in [4.78, 5) is 51.0. The predicted molar refractivity (Wildman–Crippen MR) is 106 cm³/mol. The molecule has 4 rings (SSSR count). The molecule has 2 aromatic rings. The number of ether oxygens (including phenoxy) is 1. The smallest absolute Gasteiger partial charge is 0.316 e. The minimum absolute atomic E-state index is 0.0658. The van der Waals surface area contributed by atoms with Gasteiger partial charge in [-0.2, -0.15) is 0 Å². The fourth-order valence-corrected chi connectivity index (χ4v) is 3.59. The monoisotopic (exact) mass is 412 g/mol. The Bertz CT molecular complexity index is 971. The lowest BCUT2D eigenvalue weighted by Gasteiger charge is -2.17. The first-order valence-electron chi connectivity index (χ1n) is 9.16. The van der Waals surface area contributed by atoms with E-state index in [1.165, 1.54) is 17.0 Å². The second-order valence-electron chi connectivity index (χ2n) is 6.92. The van der Waals surface area contributed by atoms with Gasteiger partial charge in [-0.3, -0.25) is 24.1 Å². The van der Waals surface area contributed by atoms with Crippen molar-refractivity contribution in [1.82, 2.24) is 0 Å². The Morgan fingerprint density at radius 3 is 2.07 bits per heavy atom. The van der Waals surface area contributed by atoms with Gasteiger partial charge in [-0.15, -0.1) is 0 Å². The average Bonchev–Trinajstić information content (AvgIpc) is 3.25. The lowest BCUT2D eigenvalue weighted by atomic mass is 10.1. The van der Waals surface area contributed by atoms with E-state index < -0.39 is 11.9 Å². The van der Waals surface area contributed by atoms with Crippen LogP contribution < -0.4 is 14.5 Å². The Hall–Kier alpha value is -3.19. The number of halogens is 1. The first-order valence-corrected chi connectivity index (χ1v) is 9.53. The zero-order chi connectivity index (χ0) is 20.5. The van der Waals surface area contributed by atoms with Crippen LogP contribution in [0.2, 0.25) is 5.02 Å². The van der Waals surface area contributed by atoms with E-state index in [4.69, 9.17) is 16.3 Å². The van der Waals surface area contributed by atoms with Crippen molar-refractivity contribution in [1.29, 1.82) is 0 Å². The summed E-state index contributed by atoms with van der Waals surface area (Å²) in [5.74, 6) is -1.44. The molecule has 2 saturated heterocycles. The first-order chi connectivity index (χ1) is 13.9. The normalized spacial score (nSPS) is 19.2. The second-order valence-corrected chi connectivity index (χ2v) is 7.36. The van der Waals surface area contributed by atoms with Crippen LogP contribution in [0.5, 0.6) is 5.75 Å². The van der Waals surface area contributed by atoms with Crippen molar-refractivity contribution >= 4 is 46.7 Å². The highest BCUT2D eigenvalue weighted by atomic mass is 35.5. The van der Waals surface area contributed by atoms with Gasteiger partial charge in [-0.1, -0.05) is 11.6 Å². The quantitative estimate of drug-likeness (QED) is 0.438. The molecule has 7 nitrogen and oxygen atoms in total. The van der Waals surface area contributed by atoms with Gasteiger partial charge in [0.05, 0.1) is 11.6 Å². The summed E-state index contributed by atoms with van der Waals surface area (Å²) in [7, 11) is 0. The molecule has 0 radical (unpaired) electrons. The van der Waals surface area contributed by atoms with Crippen LogP contribution in [0.15, 0.2) is 48.5 Å². The molecule has 0 saturated carbocycles. The van der Waals surface area contributed by atoms with Crippen LogP contribution in [-0.4, -0.2) is 30.2 Å². The van der Waals surface area contributed by atoms with E-state index in [0.717, 1.165) is 4.90 Å². The van der Waals surface area contributed by atoms with E-state index >= 15 is 0 Å². The van der Waals surface area contributed by atoms with E-state index in [1.54, 1.807) is 36.4 Å². The molecular weight excluding hydrogens is 396 g/mol. The number of carbonyl (C=O) groups is 4. The van der Waals surface area contributed by atoms with Crippen LogP contribution in [-0.2, 0) is 19.2 Å². The predicted octanol–water partition coefficient (Wildman–Crippen LogP) is 2.95. The molecule has 0 unspecified atom stereocenters. The van der Waals surface area contributed by atoms with E-state index in [-0.39, 0.29) is 49.3 Å². The van der Waals surface area contributed by atoms with Crippen LogP contribution in [0.25, 0.3) is 0 Å². The minimum Gasteiger partial charge on any atom is -0.426 e. The number of benzene rings is 2. The van der Waals surface area contributed by atoms with Gasteiger partial charge in [0.15, 0.2) is 0 Å². The molecule has 0 N–H and O–H groups in total. The van der Waals surface area contributed by atoms with Crippen molar-refractivity contribution in [3.05, 3.63) is 53.6 Å². The van der Waals surface area contributed by atoms with Gasteiger partial charge in [0.2, 0.25) is 17.7 Å². The van der Waals surface area contributed by atoms with E-state index in [2.05, 4.69) is 0 Å². The molecule has 0 aliphatic carbocycles. The molecule has 3 amide bonds. The van der Waals surface area contributed by atoms with Crippen molar-refractivity contribution in [3.63, 3.8) is 0 Å². The highest BCUT2D eigenvalue weighted by molar-refractivity contribution is 6.30. The summed E-state index contributed by atoms with van der Waals surface area (Å²) in [6.45, 7) is 0.230. The van der Waals surface area contributed by atoms with Gasteiger partial charge in [0.25, 0.3) is 0 Å². The second kappa shape index (κ2) is 7.67. The molecule has 0 aromatic heterocycles. The zero-order valence-corrected chi connectivity index (χ0v) is 16.1. The average molecular weight is 413 g/mol. The molecular formula is C21H17ClN2O5. The Kier molecular flexibility index (Phi) is 5.07. The standard InChI is InChI=1S/C21H17ClN2O5/c22-14-1-3-15(4-2-14)23-12-13(11-20(23)27)21(28)29-17-7-5-16(6-8-17)24-18(25)9-10-19(24)26/h1-8,13H,9-12H2/t13-/m0/s1. The van der Waals surface area contributed by atoms with E-state index in [1.807, 2.05) is 0 Å². The van der Waals surface area contributed by atoms with Crippen LogP contribution in [0, 0.1) is 5.92 Å². The number of anilines is 2. The number of nitrogens with zero attached hydrogens (tertiary/aromatic N) is 2. The van der Waals surface area contributed by atoms with Crippen LogP contribution in [0.1, 0.15) is 19.3 Å². The summed E-state index contributed by atoms with van der Waals surface area (Å²) in [5.41, 5.74) is 1.13. The number of esters is 1. The number of carbonyl (C=O) groups excluding carboxylic acids is 4. The maximum atomic E-state index is 12.5. The maximum absolute atomic E-state index is 12.5. The largest absolute Gasteiger partial charge is 0.426 e. The number of hydrogen-bond acceptors (Lipinski definition) is 5. The number of rotatable bonds is 4. The molecule has 2 fully saturated rings. The van der Waals surface area contributed by atoms with Crippen LogP contribution in [0.4, 0.5) is 11.4 Å². The SMILES string of the molecule is O=C(Oc1ccc(N2C(=O)CCC2=O)cc1)[C@H]1CC(=O)N(c2ccc(Cl)cc2)C1. The third-order valence-electron chi connectivity index (χ3n) is 4.96. The highest BCUT2D eigenvalue weighted by Gasteiger charge is 2.36. The van der Waals surface area contributed by atoms with Gasteiger partial charge >= 0.3 is 5.97 Å². The molecule has 1 atom stereocenters. The lowest BCUT2D eigenvalue weighted by molar-refractivity contribution is -0.139. The lowest BCUT2D eigenvalue weighted by Crippen LogP contribution is -2.28. The third kappa shape index (κ3) is 3.86. The van der Waals surface area contributed by atoms with Gasteiger partial charge in [0.1, 0.15) is 5.75 Å². The number of amides is 3. The number of hydrogen-bond donors (Lipinski definition) is 0. The summed E-state index contributed by atoms with van der Waals surface area (Å²) in [6, 6.07) is 13.0. The summed E-state index contributed by atoms with van der Waals surface area (Å²) >= 11 is 5.87. The Balaban J connectivity index is 1.40. The molecule has 8 heteroatoms. The van der Waals surface area contributed by atoms with Gasteiger partial charge < -0.3 is 9.64 Å². The molecule has 148 valence electrons. The fourth-order valence-electron chi connectivity index (χ4n) is 3.46.